The van der Waals surface area contributed by atoms with Gasteiger partial charge in [-0.05, 0) is 12.8 Å². The maximum atomic E-state index is 11.9. The SMILES string of the molecule is C#CCC1(C(=O)OC)CCCCCC1=O. The van der Waals surface area contributed by atoms with E-state index in [4.69, 9.17) is 11.2 Å². The minimum absolute atomic E-state index is 0.0511. The van der Waals surface area contributed by atoms with Crippen LogP contribution in [0.5, 0.6) is 0 Å². The Morgan fingerprint density at radius 2 is 2.27 bits per heavy atom. The van der Waals surface area contributed by atoms with Crippen molar-refractivity contribution in [3.63, 3.8) is 0 Å². The summed E-state index contributed by atoms with van der Waals surface area (Å²) in [6, 6.07) is 0. The zero-order valence-corrected chi connectivity index (χ0v) is 9.04. The quantitative estimate of drug-likeness (QED) is 0.300. The Bertz CT molecular complexity index is 300. The highest BCUT2D eigenvalue weighted by Gasteiger charge is 2.45. The molecule has 1 atom stereocenters. The van der Waals surface area contributed by atoms with Crippen molar-refractivity contribution in [3.8, 4) is 12.3 Å². The van der Waals surface area contributed by atoms with Crippen molar-refractivity contribution >= 4 is 11.8 Å². The number of hydrogen-bond acceptors (Lipinski definition) is 3. The number of ketones is 1. The van der Waals surface area contributed by atoms with Crippen molar-refractivity contribution in [3.05, 3.63) is 0 Å². The fourth-order valence-electron chi connectivity index (χ4n) is 2.11. The topological polar surface area (TPSA) is 43.4 Å². The number of hydrogen-bond donors (Lipinski definition) is 0. The lowest BCUT2D eigenvalue weighted by molar-refractivity contribution is -0.158. The summed E-state index contributed by atoms with van der Waals surface area (Å²) in [5, 5.41) is 0. The maximum Gasteiger partial charge on any atom is 0.320 e. The molecule has 15 heavy (non-hydrogen) atoms. The van der Waals surface area contributed by atoms with Gasteiger partial charge < -0.3 is 4.74 Å². The molecule has 0 N–H and O–H groups in total. The molecule has 0 spiro atoms. The summed E-state index contributed by atoms with van der Waals surface area (Å²) < 4.78 is 4.72. The monoisotopic (exact) mass is 208 g/mol. The lowest BCUT2D eigenvalue weighted by atomic mass is 9.76. The number of terminal acetylenes is 1. The minimum atomic E-state index is -1.06. The van der Waals surface area contributed by atoms with Gasteiger partial charge in [0.15, 0.2) is 5.78 Å². The van der Waals surface area contributed by atoms with Crippen LogP contribution >= 0.6 is 0 Å². The highest BCUT2D eigenvalue weighted by Crippen LogP contribution is 2.36. The van der Waals surface area contributed by atoms with Crippen LogP contribution < -0.4 is 0 Å². The Kier molecular flexibility index (Phi) is 3.90. The van der Waals surface area contributed by atoms with E-state index in [-0.39, 0.29) is 12.2 Å². The molecule has 0 aromatic heterocycles. The molecule has 0 amide bonds. The van der Waals surface area contributed by atoms with E-state index in [1.165, 1.54) is 7.11 Å². The molecule has 0 aromatic rings. The Morgan fingerprint density at radius 3 is 2.87 bits per heavy atom. The summed E-state index contributed by atoms with van der Waals surface area (Å²) in [7, 11) is 1.30. The first-order valence-corrected chi connectivity index (χ1v) is 5.22. The van der Waals surface area contributed by atoms with Crippen molar-refractivity contribution in [1.29, 1.82) is 0 Å². The van der Waals surface area contributed by atoms with Crippen molar-refractivity contribution in [2.75, 3.05) is 7.11 Å². The van der Waals surface area contributed by atoms with Gasteiger partial charge in [-0.1, -0.05) is 12.8 Å². The van der Waals surface area contributed by atoms with Crippen LogP contribution in [0.15, 0.2) is 0 Å². The second kappa shape index (κ2) is 4.97. The Labute approximate surface area is 90.2 Å². The number of rotatable bonds is 2. The molecule has 0 aliphatic heterocycles. The van der Waals surface area contributed by atoms with Gasteiger partial charge in [0, 0.05) is 12.8 Å². The van der Waals surface area contributed by atoms with Gasteiger partial charge in [-0.25, -0.2) is 0 Å². The van der Waals surface area contributed by atoms with Crippen molar-refractivity contribution in [2.45, 2.75) is 38.5 Å². The average Bonchev–Trinajstić information content (AvgIpc) is 2.42. The number of carbonyl (C=O) groups excluding carboxylic acids is 2. The summed E-state index contributed by atoms with van der Waals surface area (Å²) in [6.45, 7) is 0. The predicted molar refractivity (Wildman–Crippen MR) is 56.0 cm³/mol. The first-order valence-electron chi connectivity index (χ1n) is 5.22. The van der Waals surface area contributed by atoms with E-state index in [9.17, 15) is 9.59 Å². The van der Waals surface area contributed by atoms with Crippen molar-refractivity contribution < 1.29 is 14.3 Å². The van der Waals surface area contributed by atoms with Gasteiger partial charge in [-0.15, -0.1) is 12.3 Å². The lowest BCUT2D eigenvalue weighted by Gasteiger charge is -2.25. The molecule has 1 saturated carbocycles. The molecule has 0 bridgehead atoms. The first kappa shape index (κ1) is 11.8. The van der Waals surface area contributed by atoms with E-state index >= 15 is 0 Å². The molecular formula is C12H16O3. The number of methoxy groups -OCH3 is 1. The van der Waals surface area contributed by atoms with Gasteiger partial charge in [-0.2, -0.15) is 0 Å². The van der Waals surface area contributed by atoms with Crippen LogP contribution in [-0.4, -0.2) is 18.9 Å². The van der Waals surface area contributed by atoms with E-state index in [1.807, 2.05) is 0 Å². The normalized spacial score (nSPS) is 26.5. The van der Waals surface area contributed by atoms with Gasteiger partial charge in [-0.3, -0.25) is 9.59 Å². The maximum absolute atomic E-state index is 11.9. The van der Waals surface area contributed by atoms with Gasteiger partial charge in [0.25, 0.3) is 0 Å². The summed E-state index contributed by atoms with van der Waals surface area (Å²) in [5.41, 5.74) is -1.06. The predicted octanol–water partition coefficient (Wildman–Crippen LogP) is 1.70. The Balaban J connectivity index is 3.00. The summed E-state index contributed by atoms with van der Waals surface area (Å²) in [4.78, 5) is 23.6. The van der Waals surface area contributed by atoms with E-state index in [0.717, 1.165) is 19.3 Å². The number of carbonyl (C=O) groups is 2. The second-order valence-corrected chi connectivity index (χ2v) is 3.94. The zero-order chi connectivity index (χ0) is 11.3. The third kappa shape index (κ3) is 2.20. The molecule has 1 unspecified atom stereocenters. The summed E-state index contributed by atoms with van der Waals surface area (Å²) in [5.74, 6) is 1.91. The van der Waals surface area contributed by atoms with E-state index in [1.54, 1.807) is 0 Å². The molecule has 1 aliphatic rings. The molecule has 0 saturated heterocycles. The van der Waals surface area contributed by atoms with Crippen molar-refractivity contribution in [1.82, 2.24) is 0 Å². The average molecular weight is 208 g/mol. The standard InChI is InChI=1S/C12H16O3/c1-3-8-12(11(14)15-2)9-6-4-5-7-10(12)13/h1H,4-9H2,2H3. The Morgan fingerprint density at radius 1 is 1.53 bits per heavy atom. The second-order valence-electron chi connectivity index (χ2n) is 3.94. The number of Topliss-reactive ketones (excluding diaryl/α,β-unsaturated/α-hetero) is 1. The lowest BCUT2D eigenvalue weighted by Crippen LogP contribution is -2.39. The van der Waals surface area contributed by atoms with Crippen molar-refractivity contribution in [2.24, 2.45) is 5.41 Å². The largest absolute Gasteiger partial charge is 0.468 e. The summed E-state index contributed by atoms with van der Waals surface area (Å²) >= 11 is 0. The third-order valence-electron chi connectivity index (χ3n) is 3.02. The number of ether oxygens (including phenoxy) is 1. The fourth-order valence-corrected chi connectivity index (χ4v) is 2.11. The molecule has 1 rings (SSSR count). The van der Waals surface area contributed by atoms with Crippen LogP contribution in [0.1, 0.15) is 38.5 Å². The van der Waals surface area contributed by atoms with Gasteiger partial charge in [0.2, 0.25) is 0 Å². The molecule has 1 aliphatic carbocycles. The molecule has 3 heteroatoms. The van der Waals surface area contributed by atoms with Crippen LogP contribution in [-0.2, 0) is 14.3 Å². The molecule has 0 heterocycles. The molecule has 3 nitrogen and oxygen atoms in total. The zero-order valence-electron chi connectivity index (χ0n) is 9.04. The van der Waals surface area contributed by atoms with Crippen LogP contribution in [0.4, 0.5) is 0 Å². The summed E-state index contributed by atoms with van der Waals surface area (Å²) in [6.07, 6.45) is 9.07. The van der Waals surface area contributed by atoms with Gasteiger partial charge in [0.1, 0.15) is 5.41 Å². The minimum Gasteiger partial charge on any atom is -0.468 e. The van der Waals surface area contributed by atoms with Crippen LogP contribution in [0.3, 0.4) is 0 Å². The number of esters is 1. The van der Waals surface area contributed by atoms with E-state index in [0.29, 0.717) is 12.8 Å². The Hall–Kier alpha value is -1.30. The van der Waals surface area contributed by atoms with E-state index < -0.39 is 11.4 Å². The highest BCUT2D eigenvalue weighted by atomic mass is 16.5. The van der Waals surface area contributed by atoms with Crippen LogP contribution in [0.25, 0.3) is 0 Å². The van der Waals surface area contributed by atoms with E-state index in [2.05, 4.69) is 5.92 Å². The third-order valence-corrected chi connectivity index (χ3v) is 3.02. The van der Waals surface area contributed by atoms with Crippen LogP contribution in [0.2, 0.25) is 0 Å². The first-order chi connectivity index (χ1) is 7.17. The van der Waals surface area contributed by atoms with Gasteiger partial charge >= 0.3 is 5.97 Å². The molecule has 82 valence electrons. The molecular weight excluding hydrogens is 192 g/mol. The van der Waals surface area contributed by atoms with Gasteiger partial charge in [0.05, 0.1) is 7.11 Å². The smallest absolute Gasteiger partial charge is 0.320 e. The molecule has 0 radical (unpaired) electrons. The molecule has 1 fully saturated rings. The highest BCUT2D eigenvalue weighted by molar-refractivity contribution is 6.04. The van der Waals surface area contributed by atoms with Crippen LogP contribution in [0, 0.1) is 17.8 Å². The fraction of sp³-hybridized carbons (Fsp3) is 0.667. The molecule has 0 aromatic carbocycles.